The van der Waals surface area contributed by atoms with Crippen LogP contribution in [0.4, 0.5) is 5.13 Å². The summed E-state index contributed by atoms with van der Waals surface area (Å²) in [6, 6.07) is 4.04. The first-order valence-electron chi connectivity index (χ1n) is 7.99. The topological polar surface area (TPSA) is 84.3 Å². The summed E-state index contributed by atoms with van der Waals surface area (Å²) >= 11 is 1.47. The van der Waals surface area contributed by atoms with Gasteiger partial charge in [0.15, 0.2) is 11.0 Å². The van der Waals surface area contributed by atoms with Crippen molar-refractivity contribution in [2.24, 2.45) is 0 Å². The Morgan fingerprint density at radius 3 is 2.79 bits per heavy atom. The Balaban J connectivity index is 1.56. The lowest BCUT2D eigenvalue weighted by Crippen LogP contribution is -2.44. The minimum absolute atomic E-state index is 0.552. The number of fused-ring (bicyclic) bond motifs is 1. The Kier molecular flexibility index (Phi) is 3.95. The largest absolute Gasteiger partial charge is 0.375 e. The molecule has 7 nitrogen and oxygen atoms in total. The normalized spacial score (nSPS) is 16.9. The molecule has 126 valence electrons. The van der Waals surface area contributed by atoms with Crippen molar-refractivity contribution < 1.29 is 4.52 Å². The van der Waals surface area contributed by atoms with Crippen LogP contribution in [0.25, 0.3) is 21.7 Å². The standard InChI is InChI=1S/C16H20N6OS/c1-10-7-11(8-12-14(10)19-16(17)24-12)15-18-13(20-23-15)9-22-5-3-21(2)4-6-22/h7-8H,3-6,9H2,1-2H3,(H2,17,19). The second-order valence-corrected chi connectivity index (χ2v) is 7.35. The molecule has 1 fully saturated rings. The quantitative estimate of drug-likeness (QED) is 0.777. The monoisotopic (exact) mass is 344 g/mol. The van der Waals surface area contributed by atoms with Gasteiger partial charge in [0.05, 0.1) is 16.8 Å². The lowest BCUT2D eigenvalue weighted by Gasteiger charge is -2.31. The van der Waals surface area contributed by atoms with Crippen molar-refractivity contribution in [3.05, 3.63) is 23.5 Å². The Labute approximate surface area is 144 Å². The van der Waals surface area contributed by atoms with Gasteiger partial charge < -0.3 is 15.2 Å². The number of rotatable bonds is 3. The van der Waals surface area contributed by atoms with Crippen molar-refractivity contribution in [3.8, 4) is 11.5 Å². The van der Waals surface area contributed by atoms with E-state index in [1.165, 1.54) is 11.3 Å². The van der Waals surface area contributed by atoms with Gasteiger partial charge in [-0.25, -0.2) is 4.98 Å². The molecule has 1 saturated heterocycles. The van der Waals surface area contributed by atoms with Crippen molar-refractivity contribution in [2.75, 3.05) is 39.0 Å². The first-order valence-corrected chi connectivity index (χ1v) is 8.80. The van der Waals surface area contributed by atoms with Gasteiger partial charge in [0, 0.05) is 31.7 Å². The van der Waals surface area contributed by atoms with E-state index in [2.05, 4.69) is 32.0 Å². The Morgan fingerprint density at radius 1 is 1.21 bits per heavy atom. The van der Waals surface area contributed by atoms with E-state index >= 15 is 0 Å². The number of nitrogens with zero attached hydrogens (tertiary/aromatic N) is 5. The zero-order valence-electron chi connectivity index (χ0n) is 13.8. The van der Waals surface area contributed by atoms with Crippen LogP contribution in [0.3, 0.4) is 0 Å². The van der Waals surface area contributed by atoms with Gasteiger partial charge in [0.25, 0.3) is 5.89 Å². The summed E-state index contributed by atoms with van der Waals surface area (Å²) in [5.74, 6) is 1.28. The maximum absolute atomic E-state index is 5.81. The maximum atomic E-state index is 5.81. The van der Waals surface area contributed by atoms with E-state index in [1.807, 2.05) is 19.1 Å². The molecule has 0 radical (unpaired) electrons. The molecule has 0 atom stereocenters. The molecule has 1 aromatic carbocycles. The molecule has 0 amide bonds. The number of hydrogen-bond acceptors (Lipinski definition) is 8. The molecule has 24 heavy (non-hydrogen) atoms. The van der Waals surface area contributed by atoms with Gasteiger partial charge in [0.1, 0.15) is 0 Å². The predicted molar refractivity (Wildman–Crippen MR) is 94.8 cm³/mol. The summed E-state index contributed by atoms with van der Waals surface area (Å²) < 4.78 is 6.52. The van der Waals surface area contributed by atoms with Crippen LogP contribution in [0.15, 0.2) is 16.7 Å². The van der Waals surface area contributed by atoms with E-state index < -0.39 is 0 Å². The number of thiazole rings is 1. The maximum Gasteiger partial charge on any atom is 0.258 e. The molecular weight excluding hydrogens is 324 g/mol. The first kappa shape index (κ1) is 15.5. The number of anilines is 1. The SMILES string of the molecule is Cc1cc(-c2nc(CN3CCN(C)CC3)no2)cc2sc(N)nc12. The van der Waals surface area contributed by atoms with Gasteiger partial charge in [-0.3, -0.25) is 4.90 Å². The van der Waals surface area contributed by atoms with E-state index in [0.717, 1.165) is 59.9 Å². The number of aryl methyl sites for hydroxylation is 1. The minimum atomic E-state index is 0.552. The summed E-state index contributed by atoms with van der Waals surface area (Å²) in [4.78, 5) is 13.6. The molecule has 2 aromatic heterocycles. The number of likely N-dealkylation sites (N-methyl/N-ethyl adjacent to an activating group) is 1. The highest BCUT2D eigenvalue weighted by Gasteiger charge is 2.18. The minimum Gasteiger partial charge on any atom is -0.375 e. The number of nitrogens with two attached hydrogens (primary N) is 1. The molecular formula is C16H20N6OS. The molecule has 3 aromatic rings. The molecule has 1 aliphatic heterocycles. The highest BCUT2D eigenvalue weighted by atomic mass is 32.1. The fourth-order valence-corrected chi connectivity index (χ4v) is 3.83. The second kappa shape index (κ2) is 6.12. The molecule has 2 N–H and O–H groups in total. The molecule has 3 heterocycles. The predicted octanol–water partition coefficient (Wildman–Crippen LogP) is 1.98. The van der Waals surface area contributed by atoms with Gasteiger partial charge in [0.2, 0.25) is 0 Å². The van der Waals surface area contributed by atoms with Gasteiger partial charge in [-0.1, -0.05) is 16.5 Å². The summed E-state index contributed by atoms with van der Waals surface area (Å²) in [6.45, 7) is 6.97. The Morgan fingerprint density at radius 2 is 2.00 bits per heavy atom. The molecule has 4 rings (SSSR count). The fourth-order valence-electron chi connectivity index (χ4n) is 2.98. The first-order chi connectivity index (χ1) is 11.6. The fraction of sp³-hybridized carbons (Fsp3) is 0.438. The number of nitrogen functional groups attached to an aromatic ring is 1. The average Bonchev–Trinajstić information content (AvgIpc) is 3.16. The number of aromatic nitrogens is 3. The van der Waals surface area contributed by atoms with E-state index in [0.29, 0.717) is 11.0 Å². The molecule has 0 unspecified atom stereocenters. The lowest BCUT2D eigenvalue weighted by molar-refractivity contribution is 0.144. The molecule has 0 aliphatic carbocycles. The summed E-state index contributed by atoms with van der Waals surface area (Å²) in [5, 5.41) is 4.72. The highest BCUT2D eigenvalue weighted by Crippen LogP contribution is 2.31. The smallest absolute Gasteiger partial charge is 0.258 e. The second-order valence-electron chi connectivity index (χ2n) is 6.29. The number of piperazine rings is 1. The van der Waals surface area contributed by atoms with Crippen LogP contribution >= 0.6 is 11.3 Å². The molecule has 1 aliphatic rings. The van der Waals surface area contributed by atoms with Crippen molar-refractivity contribution in [2.45, 2.75) is 13.5 Å². The third-order valence-corrected chi connectivity index (χ3v) is 5.21. The Hall–Kier alpha value is -2.03. The van der Waals surface area contributed by atoms with Crippen LogP contribution in [-0.2, 0) is 6.54 Å². The lowest BCUT2D eigenvalue weighted by atomic mass is 10.1. The van der Waals surface area contributed by atoms with Crippen LogP contribution in [0.1, 0.15) is 11.4 Å². The van der Waals surface area contributed by atoms with Crippen LogP contribution < -0.4 is 5.73 Å². The van der Waals surface area contributed by atoms with E-state index in [1.54, 1.807) is 0 Å². The van der Waals surface area contributed by atoms with E-state index in [4.69, 9.17) is 10.3 Å². The van der Waals surface area contributed by atoms with Crippen molar-refractivity contribution >= 4 is 26.7 Å². The molecule has 0 bridgehead atoms. The van der Waals surface area contributed by atoms with Crippen LogP contribution in [0.5, 0.6) is 0 Å². The number of hydrogen-bond donors (Lipinski definition) is 1. The van der Waals surface area contributed by atoms with Crippen molar-refractivity contribution in [1.82, 2.24) is 24.9 Å². The zero-order chi connectivity index (χ0) is 16.7. The van der Waals surface area contributed by atoms with Crippen LogP contribution in [0, 0.1) is 6.92 Å². The van der Waals surface area contributed by atoms with Crippen LogP contribution in [0.2, 0.25) is 0 Å². The van der Waals surface area contributed by atoms with Gasteiger partial charge in [-0.15, -0.1) is 0 Å². The Bertz CT molecular complexity index is 865. The molecule has 0 saturated carbocycles. The van der Waals surface area contributed by atoms with Crippen LogP contribution in [-0.4, -0.2) is 58.2 Å². The van der Waals surface area contributed by atoms with Gasteiger partial charge in [-0.2, -0.15) is 4.98 Å². The third kappa shape index (κ3) is 3.00. The summed E-state index contributed by atoms with van der Waals surface area (Å²) in [7, 11) is 2.15. The van der Waals surface area contributed by atoms with Gasteiger partial charge in [-0.05, 0) is 31.7 Å². The molecule has 8 heteroatoms. The van der Waals surface area contributed by atoms with Crippen molar-refractivity contribution in [1.29, 1.82) is 0 Å². The third-order valence-electron chi connectivity index (χ3n) is 4.38. The number of benzene rings is 1. The average molecular weight is 344 g/mol. The summed E-state index contributed by atoms with van der Waals surface area (Å²) in [6.07, 6.45) is 0. The van der Waals surface area contributed by atoms with E-state index in [-0.39, 0.29) is 0 Å². The van der Waals surface area contributed by atoms with Gasteiger partial charge >= 0.3 is 0 Å². The summed E-state index contributed by atoms with van der Waals surface area (Å²) in [5.41, 5.74) is 8.74. The zero-order valence-corrected chi connectivity index (χ0v) is 14.6. The van der Waals surface area contributed by atoms with Crippen molar-refractivity contribution in [3.63, 3.8) is 0 Å². The van der Waals surface area contributed by atoms with E-state index in [9.17, 15) is 0 Å². The highest BCUT2D eigenvalue weighted by molar-refractivity contribution is 7.22. The molecule has 0 spiro atoms.